The summed E-state index contributed by atoms with van der Waals surface area (Å²) < 4.78 is 6.89. The molecule has 0 spiro atoms. The van der Waals surface area contributed by atoms with E-state index in [1.807, 2.05) is 0 Å². The van der Waals surface area contributed by atoms with E-state index in [4.69, 9.17) is 14.8 Å². The summed E-state index contributed by atoms with van der Waals surface area (Å²) >= 11 is 1.77. The molecule has 1 saturated heterocycles. The van der Waals surface area contributed by atoms with Crippen LogP contribution in [0.2, 0.25) is 0 Å². The zero-order chi connectivity index (χ0) is 20.2. The second-order valence-electron chi connectivity index (χ2n) is 7.45. The van der Waals surface area contributed by atoms with Crippen LogP contribution in [0.3, 0.4) is 0 Å². The van der Waals surface area contributed by atoms with Crippen LogP contribution in [-0.4, -0.2) is 61.4 Å². The number of aliphatic hydroxyl groups is 1. The number of aryl methyl sites for hydroxylation is 1. The van der Waals surface area contributed by atoms with E-state index < -0.39 is 0 Å². The number of piperazine rings is 1. The molecule has 3 heterocycles. The van der Waals surface area contributed by atoms with Gasteiger partial charge in [-0.15, -0.1) is 11.3 Å². The molecule has 6 heteroatoms. The molecule has 0 radical (unpaired) electrons. The fraction of sp³-hybridized carbons (Fsp3) is 0.435. The van der Waals surface area contributed by atoms with Gasteiger partial charge in [-0.3, -0.25) is 0 Å². The number of nitrogens with zero attached hydrogens (tertiary/aromatic N) is 3. The Balaban J connectivity index is 1.70. The third kappa shape index (κ3) is 4.25. The number of pyridine rings is 1. The average Bonchev–Trinajstić information content (AvgIpc) is 3.25. The number of fused-ring (bicyclic) bond motifs is 1. The fourth-order valence-electron chi connectivity index (χ4n) is 3.98. The highest BCUT2D eigenvalue weighted by Gasteiger charge is 2.20. The number of hydrogen-bond acceptors (Lipinski definition) is 6. The molecule has 1 aliphatic rings. The van der Waals surface area contributed by atoms with Crippen molar-refractivity contribution in [1.82, 2.24) is 9.88 Å². The number of anilines is 1. The Morgan fingerprint density at radius 3 is 2.69 bits per heavy atom. The van der Waals surface area contributed by atoms with Gasteiger partial charge in [0.2, 0.25) is 0 Å². The smallest absolute Gasteiger partial charge is 0.147 e. The van der Waals surface area contributed by atoms with E-state index in [1.54, 1.807) is 18.4 Å². The molecule has 1 fully saturated rings. The number of likely N-dealkylation sites (N-methyl/N-ethyl adjacent to an activating group) is 1. The molecule has 3 aromatic rings. The van der Waals surface area contributed by atoms with E-state index in [0.717, 1.165) is 74.0 Å². The Bertz CT molecular complexity index is 964. The van der Waals surface area contributed by atoms with Crippen molar-refractivity contribution in [3.05, 3.63) is 41.3 Å². The molecule has 0 saturated carbocycles. The van der Waals surface area contributed by atoms with Crippen molar-refractivity contribution in [2.24, 2.45) is 0 Å². The molecule has 154 valence electrons. The molecule has 0 bridgehead atoms. The standard InChI is InChI=1S/C23H29N3O2S/c1-3-25-9-11-26(12-10-25)23-22-19(8-14-29-22)15-20(24-23)18-7-6-17(5-4-13-27)21(16-18)28-2/h6-8,14-16,27H,3-5,9-13H2,1-2H3. The summed E-state index contributed by atoms with van der Waals surface area (Å²) in [7, 11) is 1.70. The van der Waals surface area contributed by atoms with E-state index in [9.17, 15) is 0 Å². The average molecular weight is 412 g/mol. The van der Waals surface area contributed by atoms with Crippen molar-refractivity contribution >= 4 is 27.2 Å². The van der Waals surface area contributed by atoms with Crippen LogP contribution in [0.25, 0.3) is 21.3 Å². The summed E-state index contributed by atoms with van der Waals surface area (Å²) in [5.74, 6) is 1.97. The number of thiophene rings is 1. The largest absolute Gasteiger partial charge is 0.496 e. The van der Waals surface area contributed by atoms with Gasteiger partial charge < -0.3 is 19.6 Å². The first kappa shape index (κ1) is 20.1. The Morgan fingerprint density at radius 1 is 1.14 bits per heavy atom. The normalized spacial score (nSPS) is 15.2. The Kier molecular flexibility index (Phi) is 6.33. The molecule has 4 rings (SSSR count). The minimum absolute atomic E-state index is 0.190. The maximum Gasteiger partial charge on any atom is 0.147 e. The molecule has 1 aliphatic heterocycles. The number of aliphatic hydroxyl groups excluding tert-OH is 1. The lowest BCUT2D eigenvalue weighted by molar-refractivity contribution is 0.271. The predicted molar refractivity (Wildman–Crippen MR) is 121 cm³/mol. The van der Waals surface area contributed by atoms with Gasteiger partial charge in [-0.25, -0.2) is 4.98 Å². The highest BCUT2D eigenvalue weighted by Crippen LogP contribution is 2.35. The summed E-state index contributed by atoms with van der Waals surface area (Å²) in [5.41, 5.74) is 3.17. The minimum Gasteiger partial charge on any atom is -0.496 e. The number of aromatic nitrogens is 1. The number of rotatable bonds is 7. The van der Waals surface area contributed by atoms with Gasteiger partial charge in [-0.2, -0.15) is 0 Å². The lowest BCUT2D eigenvalue weighted by atomic mass is 10.0. The maximum absolute atomic E-state index is 9.13. The van der Waals surface area contributed by atoms with Gasteiger partial charge >= 0.3 is 0 Å². The van der Waals surface area contributed by atoms with Crippen LogP contribution in [0.5, 0.6) is 5.75 Å². The molecule has 0 atom stereocenters. The van der Waals surface area contributed by atoms with E-state index in [2.05, 4.69) is 52.4 Å². The highest BCUT2D eigenvalue weighted by atomic mass is 32.1. The number of methoxy groups -OCH3 is 1. The summed E-state index contributed by atoms with van der Waals surface area (Å²) in [5, 5.41) is 12.5. The van der Waals surface area contributed by atoms with Crippen LogP contribution in [0.1, 0.15) is 18.9 Å². The van der Waals surface area contributed by atoms with Gasteiger partial charge in [0.05, 0.1) is 17.5 Å². The van der Waals surface area contributed by atoms with Crippen LogP contribution in [-0.2, 0) is 6.42 Å². The quantitative estimate of drug-likeness (QED) is 0.636. The number of benzene rings is 1. The molecule has 1 aromatic carbocycles. The molecule has 5 nitrogen and oxygen atoms in total. The lowest BCUT2D eigenvalue weighted by Crippen LogP contribution is -2.46. The fourth-order valence-corrected chi connectivity index (χ4v) is 4.87. The molecule has 0 aliphatic carbocycles. The van der Waals surface area contributed by atoms with Gasteiger partial charge in [-0.05, 0) is 53.9 Å². The lowest BCUT2D eigenvalue weighted by Gasteiger charge is -2.35. The third-order valence-electron chi connectivity index (χ3n) is 5.72. The van der Waals surface area contributed by atoms with Crippen molar-refractivity contribution in [2.45, 2.75) is 19.8 Å². The first-order chi connectivity index (χ1) is 14.2. The monoisotopic (exact) mass is 411 g/mol. The molecule has 29 heavy (non-hydrogen) atoms. The first-order valence-corrected chi connectivity index (χ1v) is 11.2. The molecular weight excluding hydrogens is 382 g/mol. The maximum atomic E-state index is 9.13. The van der Waals surface area contributed by atoms with Gasteiger partial charge in [-0.1, -0.05) is 19.1 Å². The van der Waals surface area contributed by atoms with E-state index in [0.29, 0.717) is 0 Å². The Morgan fingerprint density at radius 2 is 1.97 bits per heavy atom. The van der Waals surface area contributed by atoms with E-state index in [-0.39, 0.29) is 6.61 Å². The van der Waals surface area contributed by atoms with Crippen LogP contribution < -0.4 is 9.64 Å². The second kappa shape index (κ2) is 9.11. The summed E-state index contributed by atoms with van der Waals surface area (Å²) in [6.45, 7) is 7.73. The molecule has 1 N–H and O–H groups in total. The van der Waals surface area contributed by atoms with Gasteiger partial charge in [0.25, 0.3) is 0 Å². The number of ether oxygens (including phenoxy) is 1. The minimum atomic E-state index is 0.190. The van der Waals surface area contributed by atoms with Crippen LogP contribution >= 0.6 is 11.3 Å². The number of hydrogen-bond donors (Lipinski definition) is 1. The van der Waals surface area contributed by atoms with Crippen molar-refractivity contribution in [1.29, 1.82) is 0 Å². The highest BCUT2D eigenvalue weighted by molar-refractivity contribution is 7.17. The Hall–Kier alpha value is -2.15. The van der Waals surface area contributed by atoms with Gasteiger partial charge in [0.1, 0.15) is 11.6 Å². The zero-order valence-electron chi connectivity index (χ0n) is 17.2. The topological polar surface area (TPSA) is 48.8 Å². The van der Waals surface area contributed by atoms with E-state index >= 15 is 0 Å². The van der Waals surface area contributed by atoms with Crippen molar-refractivity contribution in [3.63, 3.8) is 0 Å². The van der Waals surface area contributed by atoms with Gasteiger partial charge in [0.15, 0.2) is 0 Å². The third-order valence-corrected chi connectivity index (χ3v) is 6.65. The summed E-state index contributed by atoms with van der Waals surface area (Å²) in [6, 6.07) is 10.7. The summed E-state index contributed by atoms with van der Waals surface area (Å²) in [4.78, 5) is 10.0. The zero-order valence-corrected chi connectivity index (χ0v) is 18.0. The Labute approximate surface area is 176 Å². The predicted octanol–water partition coefficient (Wildman–Crippen LogP) is 4.04. The summed E-state index contributed by atoms with van der Waals surface area (Å²) in [6.07, 6.45) is 1.55. The molecule has 2 aromatic heterocycles. The molecular formula is C23H29N3O2S. The second-order valence-corrected chi connectivity index (χ2v) is 8.36. The van der Waals surface area contributed by atoms with Crippen LogP contribution in [0.4, 0.5) is 5.82 Å². The van der Waals surface area contributed by atoms with Crippen LogP contribution in [0.15, 0.2) is 35.7 Å². The first-order valence-electron chi connectivity index (χ1n) is 10.4. The SMILES string of the molecule is CCN1CCN(c2nc(-c3ccc(CCCO)c(OC)c3)cc3ccsc23)CC1. The van der Waals surface area contributed by atoms with Crippen molar-refractivity contribution in [2.75, 3.05) is 51.3 Å². The van der Waals surface area contributed by atoms with E-state index in [1.165, 1.54) is 10.1 Å². The molecule has 0 amide bonds. The van der Waals surface area contributed by atoms with Crippen molar-refractivity contribution < 1.29 is 9.84 Å². The van der Waals surface area contributed by atoms with Crippen molar-refractivity contribution in [3.8, 4) is 17.0 Å². The molecule has 0 unspecified atom stereocenters. The van der Waals surface area contributed by atoms with Gasteiger partial charge in [0, 0.05) is 38.3 Å². The van der Waals surface area contributed by atoms with Crippen LogP contribution in [0, 0.1) is 0 Å².